The van der Waals surface area contributed by atoms with Gasteiger partial charge in [-0.15, -0.1) is 0 Å². The van der Waals surface area contributed by atoms with Gasteiger partial charge in [-0.3, -0.25) is 4.79 Å². The van der Waals surface area contributed by atoms with E-state index in [1.807, 2.05) is 25.1 Å². The van der Waals surface area contributed by atoms with Gasteiger partial charge in [-0.25, -0.2) is 0 Å². The second kappa shape index (κ2) is 6.09. The Labute approximate surface area is 115 Å². The van der Waals surface area contributed by atoms with Gasteiger partial charge in [-0.1, -0.05) is 37.8 Å². The maximum absolute atomic E-state index is 12.4. The normalized spacial score (nSPS) is 23.1. The van der Waals surface area contributed by atoms with Gasteiger partial charge in [-0.2, -0.15) is 0 Å². The van der Waals surface area contributed by atoms with Gasteiger partial charge >= 0.3 is 0 Å². The lowest BCUT2D eigenvalue weighted by molar-refractivity contribution is 0.0905. The first kappa shape index (κ1) is 13.9. The Morgan fingerprint density at radius 3 is 2.84 bits per heavy atom. The third kappa shape index (κ3) is 3.28. The smallest absolute Gasteiger partial charge is 0.253 e. The van der Waals surface area contributed by atoms with Crippen LogP contribution in [0.3, 0.4) is 0 Å². The molecule has 1 aromatic rings. The molecule has 1 aliphatic carbocycles. The van der Waals surface area contributed by atoms with Gasteiger partial charge in [-0.05, 0) is 37.8 Å². The molecule has 2 atom stereocenters. The lowest BCUT2D eigenvalue weighted by atomic mass is 9.83. The van der Waals surface area contributed by atoms with Crippen LogP contribution >= 0.6 is 0 Å². The molecule has 1 aromatic carbocycles. The van der Waals surface area contributed by atoms with Gasteiger partial charge in [0.2, 0.25) is 0 Å². The first-order chi connectivity index (χ1) is 9.11. The maximum atomic E-state index is 12.4. The molecule has 1 amide bonds. The topological polar surface area (TPSA) is 55.1 Å². The molecule has 0 bridgehead atoms. The van der Waals surface area contributed by atoms with E-state index in [1.54, 1.807) is 0 Å². The van der Waals surface area contributed by atoms with Gasteiger partial charge in [0.1, 0.15) is 0 Å². The molecule has 2 rings (SSSR count). The molecule has 1 aliphatic rings. The first-order valence-electron chi connectivity index (χ1n) is 7.28. The van der Waals surface area contributed by atoms with Crippen LogP contribution in [0.15, 0.2) is 18.2 Å². The summed E-state index contributed by atoms with van der Waals surface area (Å²) >= 11 is 0. The maximum Gasteiger partial charge on any atom is 0.253 e. The number of amides is 1. The Bertz CT molecular complexity index is 456. The van der Waals surface area contributed by atoms with E-state index in [9.17, 15) is 4.79 Å². The lowest BCUT2D eigenvalue weighted by Crippen LogP contribution is -2.42. The molecule has 19 heavy (non-hydrogen) atoms. The van der Waals surface area contributed by atoms with Crippen molar-refractivity contribution in [1.82, 2.24) is 5.32 Å². The zero-order valence-electron chi connectivity index (χ0n) is 11.9. The molecule has 0 aromatic heterocycles. The van der Waals surface area contributed by atoms with E-state index in [0.29, 0.717) is 23.2 Å². The van der Waals surface area contributed by atoms with Crippen LogP contribution in [0.4, 0.5) is 5.69 Å². The highest BCUT2D eigenvalue weighted by atomic mass is 16.1. The summed E-state index contributed by atoms with van der Waals surface area (Å²) in [6.07, 6.45) is 5.96. The summed E-state index contributed by atoms with van der Waals surface area (Å²) in [6, 6.07) is 5.92. The molecular formula is C16H24N2O. The lowest BCUT2D eigenvalue weighted by Gasteiger charge is -2.31. The SMILES string of the molecule is CCC1CCCCC1NC(=O)c1cc(C)ccc1N. The molecule has 3 nitrogen and oxygen atoms in total. The van der Waals surface area contributed by atoms with Gasteiger partial charge in [0.25, 0.3) is 5.91 Å². The standard InChI is InChI=1S/C16H24N2O/c1-3-12-6-4-5-7-15(12)18-16(19)13-10-11(2)8-9-14(13)17/h8-10,12,15H,3-7,17H2,1-2H3,(H,18,19). The number of carbonyl (C=O) groups excluding carboxylic acids is 1. The summed E-state index contributed by atoms with van der Waals surface area (Å²) in [7, 11) is 0. The van der Waals surface area contributed by atoms with Crippen molar-refractivity contribution in [3.63, 3.8) is 0 Å². The highest BCUT2D eigenvalue weighted by Gasteiger charge is 2.25. The van der Waals surface area contributed by atoms with Crippen molar-refractivity contribution < 1.29 is 4.79 Å². The number of benzene rings is 1. The van der Waals surface area contributed by atoms with E-state index in [0.717, 1.165) is 18.4 Å². The minimum absolute atomic E-state index is 0.0217. The fourth-order valence-corrected chi connectivity index (χ4v) is 3.00. The van der Waals surface area contributed by atoms with Crippen LogP contribution in [0.1, 0.15) is 54.9 Å². The predicted octanol–water partition coefficient (Wildman–Crippen LogP) is 3.28. The molecule has 0 aliphatic heterocycles. The Morgan fingerprint density at radius 1 is 1.37 bits per heavy atom. The predicted molar refractivity (Wildman–Crippen MR) is 79.1 cm³/mol. The van der Waals surface area contributed by atoms with Crippen molar-refractivity contribution in [2.24, 2.45) is 5.92 Å². The van der Waals surface area contributed by atoms with Crippen LogP contribution in [0, 0.1) is 12.8 Å². The number of carbonyl (C=O) groups is 1. The summed E-state index contributed by atoms with van der Waals surface area (Å²) in [4.78, 5) is 12.4. The fraction of sp³-hybridized carbons (Fsp3) is 0.562. The third-order valence-electron chi connectivity index (χ3n) is 4.20. The Hall–Kier alpha value is -1.51. The fourth-order valence-electron chi connectivity index (χ4n) is 3.00. The molecule has 2 unspecified atom stereocenters. The monoisotopic (exact) mass is 260 g/mol. The summed E-state index contributed by atoms with van der Waals surface area (Å²) < 4.78 is 0. The largest absolute Gasteiger partial charge is 0.398 e. The van der Waals surface area contributed by atoms with Crippen LogP contribution in [0.2, 0.25) is 0 Å². The molecular weight excluding hydrogens is 236 g/mol. The number of rotatable bonds is 3. The van der Waals surface area contributed by atoms with Crippen molar-refractivity contribution in [3.05, 3.63) is 29.3 Å². The minimum atomic E-state index is -0.0217. The van der Waals surface area contributed by atoms with Gasteiger partial charge < -0.3 is 11.1 Å². The molecule has 1 saturated carbocycles. The van der Waals surface area contributed by atoms with Crippen LogP contribution in [-0.2, 0) is 0 Å². The van der Waals surface area contributed by atoms with E-state index in [4.69, 9.17) is 5.73 Å². The van der Waals surface area contributed by atoms with Crippen molar-refractivity contribution in [2.75, 3.05) is 5.73 Å². The van der Waals surface area contributed by atoms with Crippen molar-refractivity contribution >= 4 is 11.6 Å². The van der Waals surface area contributed by atoms with Crippen LogP contribution in [0.5, 0.6) is 0 Å². The summed E-state index contributed by atoms with van der Waals surface area (Å²) in [5, 5.41) is 3.19. The highest BCUT2D eigenvalue weighted by molar-refractivity contribution is 5.99. The van der Waals surface area contributed by atoms with E-state index >= 15 is 0 Å². The van der Waals surface area contributed by atoms with Crippen LogP contribution < -0.4 is 11.1 Å². The van der Waals surface area contributed by atoms with Crippen LogP contribution in [0.25, 0.3) is 0 Å². The molecule has 0 spiro atoms. The Morgan fingerprint density at radius 2 is 2.11 bits per heavy atom. The third-order valence-corrected chi connectivity index (χ3v) is 4.20. The van der Waals surface area contributed by atoms with Crippen molar-refractivity contribution in [2.45, 2.75) is 52.0 Å². The van der Waals surface area contributed by atoms with E-state index in [-0.39, 0.29) is 5.91 Å². The van der Waals surface area contributed by atoms with E-state index < -0.39 is 0 Å². The van der Waals surface area contributed by atoms with Gasteiger partial charge in [0.05, 0.1) is 5.56 Å². The van der Waals surface area contributed by atoms with Gasteiger partial charge in [0, 0.05) is 11.7 Å². The second-order valence-electron chi connectivity index (χ2n) is 5.62. The van der Waals surface area contributed by atoms with E-state index in [2.05, 4.69) is 12.2 Å². The molecule has 3 N–H and O–H groups in total. The average molecular weight is 260 g/mol. The first-order valence-corrected chi connectivity index (χ1v) is 7.28. The zero-order valence-corrected chi connectivity index (χ0v) is 11.9. The number of hydrogen-bond acceptors (Lipinski definition) is 2. The molecule has 1 fully saturated rings. The number of nitrogen functional groups attached to an aromatic ring is 1. The number of aryl methyl sites for hydroxylation is 1. The van der Waals surface area contributed by atoms with Crippen molar-refractivity contribution in [1.29, 1.82) is 0 Å². The van der Waals surface area contributed by atoms with Crippen LogP contribution in [-0.4, -0.2) is 11.9 Å². The van der Waals surface area contributed by atoms with E-state index in [1.165, 1.54) is 19.3 Å². The summed E-state index contributed by atoms with van der Waals surface area (Å²) in [5.74, 6) is 0.593. The van der Waals surface area contributed by atoms with Gasteiger partial charge in [0.15, 0.2) is 0 Å². The second-order valence-corrected chi connectivity index (χ2v) is 5.62. The minimum Gasteiger partial charge on any atom is -0.398 e. The Kier molecular flexibility index (Phi) is 4.46. The Balaban J connectivity index is 2.09. The molecule has 0 radical (unpaired) electrons. The molecule has 0 heterocycles. The highest BCUT2D eigenvalue weighted by Crippen LogP contribution is 2.27. The number of anilines is 1. The average Bonchev–Trinajstić information content (AvgIpc) is 2.42. The zero-order chi connectivity index (χ0) is 13.8. The number of hydrogen-bond donors (Lipinski definition) is 2. The van der Waals surface area contributed by atoms with Crippen molar-refractivity contribution in [3.8, 4) is 0 Å². The molecule has 104 valence electrons. The number of nitrogens with two attached hydrogens (primary N) is 1. The molecule has 3 heteroatoms. The summed E-state index contributed by atoms with van der Waals surface area (Å²) in [6.45, 7) is 4.18. The quantitative estimate of drug-likeness (QED) is 0.819. The molecule has 0 saturated heterocycles. The number of nitrogens with one attached hydrogen (secondary N) is 1. The summed E-state index contributed by atoms with van der Waals surface area (Å²) in [5.41, 5.74) is 8.14.